The van der Waals surface area contributed by atoms with Crippen LogP contribution in [0.1, 0.15) is 67.6 Å². The summed E-state index contributed by atoms with van der Waals surface area (Å²) in [6.07, 6.45) is 6.43. The van der Waals surface area contributed by atoms with Crippen molar-refractivity contribution in [3.05, 3.63) is 40.5 Å². The third-order valence-electron chi connectivity index (χ3n) is 3.63. The van der Waals surface area contributed by atoms with Gasteiger partial charge in [0.2, 0.25) is 5.12 Å². The molecule has 0 heterocycles. The second-order valence-corrected chi connectivity index (χ2v) is 5.27. The number of benzene rings is 1. The molecule has 0 saturated carbocycles. The normalized spacial score (nSPS) is 11.7. The molecule has 1 aromatic carbocycles. The minimum absolute atomic E-state index is 0.142. The average molecular weight is 276 g/mol. The van der Waals surface area contributed by atoms with E-state index < -0.39 is 0 Å². The standard InChI is InChI=1S/C17H24OS/c1-5-8-9-14-13(7-3)10-11-15(17(18)19)16(14)12(4)6-2/h6,10-11H,5,7-9H2,1-4H3,(H,18,19)/b12-6+. The molecular formula is C17H24OS. The van der Waals surface area contributed by atoms with Crippen LogP contribution in [0.5, 0.6) is 0 Å². The largest absolute Gasteiger partial charge is 0.282 e. The molecule has 0 bridgehead atoms. The Balaban J connectivity index is 3.51. The third kappa shape index (κ3) is 3.73. The van der Waals surface area contributed by atoms with Gasteiger partial charge in [0.25, 0.3) is 0 Å². The molecule has 0 atom stereocenters. The fourth-order valence-electron chi connectivity index (χ4n) is 2.43. The van der Waals surface area contributed by atoms with Gasteiger partial charge in [0.05, 0.1) is 0 Å². The zero-order chi connectivity index (χ0) is 14.4. The van der Waals surface area contributed by atoms with Crippen molar-refractivity contribution >= 4 is 23.3 Å². The Kier molecular flexibility index (Phi) is 6.36. The van der Waals surface area contributed by atoms with E-state index in [2.05, 4.69) is 45.5 Å². The predicted octanol–water partition coefficient (Wildman–Crippen LogP) is 5.08. The van der Waals surface area contributed by atoms with Gasteiger partial charge in [-0.25, -0.2) is 0 Å². The minimum atomic E-state index is -0.142. The molecule has 0 amide bonds. The van der Waals surface area contributed by atoms with Gasteiger partial charge in [-0.05, 0) is 61.4 Å². The van der Waals surface area contributed by atoms with Gasteiger partial charge in [-0.3, -0.25) is 4.79 Å². The zero-order valence-electron chi connectivity index (χ0n) is 12.4. The molecular weight excluding hydrogens is 252 g/mol. The van der Waals surface area contributed by atoms with E-state index in [1.54, 1.807) is 0 Å². The molecule has 19 heavy (non-hydrogen) atoms. The van der Waals surface area contributed by atoms with Crippen LogP contribution in [-0.4, -0.2) is 5.12 Å². The van der Waals surface area contributed by atoms with Crippen molar-refractivity contribution in [3.8, 4) is 0 Å². The summed E-state index contributed by atoms with van der Waals surface area (Å²) in [4.78, 5) is 11.7. The molecule has 0 aromatic heterocycles. The van der Waals surface area contributed by atoms with Crippen LogP contribution in [0, 0.1) is 0 Å². The lowest BCUT2D eigenvalue weighted by molar-refractivity contribution is 0.109. The van der Waals surface area contributed by atoms with E-state index >= 15 is 0 Å². The van der Waals surface area contributed by atoms with Crippen molar-refractivity contribution in [2.75, 3.05) is 0 Å². The van der Waals surface area contributed by atoms with Crippen molar-refractivity contribution in [1.82, 2.24) is 0 Å². The smallest absolute Gasteiger partial charge is 0.216 e. The summed E-state index contributed by atoms with van der Waals surface area (Å²) in [7, 11) is 0. The number of hydrogen-bond acceptors (Lipinski definition) is 1. The maximum Gasteiger partial charge on any atom is 0.216 e. The van der Waals surface area contributed by atoms with Crippen LogP contribution in [0.15, 0.2) is 18.2 Å². The summed E-state index contributed by atoms with van der Waals surface area (Å²) in [5.74, 6) is 0. The fraction of sp³-hybridized carbons (Fsp3) is 0.471. The molecule has 1 nitrogen and oxygen atoms in total. The highest BCUT2D eigenvalue weighted by Crippen LogP contribution is 2.29. The van der Waals surface area contributed by atoms with Gasteiger partial charge in [-0.1, -0.05) is 32.4 Å². The molecule has 104 valence electrons. The van der Waals surface area contributed by atoms with Crippen LogP contribution in [0.4, 0.5) is 0 Å². The van der Waals surface area contributed by atoms with E-state index in [9.17, 15) is 4.79 Å². The number of thiol groups is 1. The zero-order valence-corrected chi connectivity index (χ0v) is 13.3. The average Bonchev–Trinajstić information content (AvgIpc) is 2.42. The van der Waals surface area contributed by atoms with Crippen molar-refractivity contribution in [1.29, 1.82) is 0 Å². The Bertz CT molecular complexity index is 486. The summed E-state index contributed by atoms with van der Waals surface area (Å²) in [5, 5.41) is -0.142. The van der Waals surface area contributed by atoms with Crippen LogP contribution in [-0.2, 0) is 12.8 Å². The number of hydrogen-bond donors (Lipinski definition) is 1. The molecule has 1 aromatic rings. The molecule has 0 unspecified atom stereocenters. The first kappa shape index (κ1) is 16.0. The van der Waals surface area contributed by atoms with Crippen molar-refractivity contribution in [2.45, 2.75) is 53.4 Å². The predicted molar refractivity (Wildman–Crippen MR) is 87.1 cm³/mol. The highest BCUT2D eigenvalue weighted by Gasteiger charge is 2.16. The Labute approximate surface area is 122 Å². The van der Waals surface area contributed by atoms with E-state index in [4.69, 9.17) is 0 Å². The van der Waals surface area contributed by atoms with E-state index in [1.807, 2.05) is 13.0 Å². The Morgan fingerprint density at radius 1 is 1.32 bits per heavy atom. The van der Waals surface area contributed by atoms with Crippen molar-refractivity contribution in [2.24, 2.45) is 0 Å². The molecule has 1 rings (SSSR count). The van der Waals surface area contributed by atoms with Crippen LogP contribution in [0.2, 0.25) is 0 Å². The Hall–Kier alpha value is -1.02. The fourth-order valence-corrected chi connectivity index (χ4v) is 2.62. The number of rotatable bonds is 6. The molecule has 0 fully saturated rings. The minimum Gasteiger partial charge on any atom is -0.282 e. The lowest BCUT2D eigenvalue weighted by Crippen LogP contribution is -2.05. The van der Waals surface area contributed by atoms with Crippen LogP contribution in [0.3, 0.4) is 0 Å². The number of carbonyl (C=O) groups is 1. The molecule has 0 aliphatic carbocycles. The van der Waals surface area contributed by atoms with Gasteiger partial charge in [0.1, 0.15) is 0 Å². The monoisotopic (exact) mass is 276 g/mol. The molecule has 0 radical (unpaired) electrons. The Morgan fingerprint density at radius 3 is 2.47 bits per heavy atom. The number of carbonyl (C=O) groups excluding carboxylic acids is 1. The van der Waals surface area contributed by atoms with Gasteiger partial charge in [0, 0.05) is 5.56 Å². The number of unbranched alkanes of at least 4 members (excludes halogenated alkanes) is 1. The van der Waals surface area contributed by atoms with Gasteiger partial charge < -0.3 is 0 Å². The Morgan fingerprint density at radius 2 is 2.00 bits per heavy atom. The van der Waals surface area contributed by atoms with Gasteiger partial charge in [-0.2, -0.15) is 0 Å². The molecule has 0 N–H and O–H groups in total. The highest BCUT2D eigenvalue weighted by atomic mass is 32.1. The quantitative estimate of drug-likeness (QED) is 0.717. The second kappa shape index (κ2) is 7.54. The van der Waals surface area contributed by atoms with E-state index in [0.29, 0.717) is 0 Å². The van der Waals surface area contributed by atoms with Crippen LogP contribution in [0.25, 0.3) is 5.57 Å². The first-order valence-corrected chi connectivity index (χ1v) is 7.52. The van der Waals surface area contributed by atoms with Gasteiger partial charge in [-0.15, -0.1) is 12.6 Å². The molecule has 2 heteroatoms. The lowest BCUT2D eigenvalue weighted by atomic mass is 9.88. The maximum atomic E-state index is 11.7. The summed E-state index contributed by atoms with van der Waals surface area (Å²) < 4.78 is 0. The highest BCUT2D eigenvalue weighted by molar-refractivity contribution is 7.97. The van der Waals surface area contributed by atoms with Crippen molar-refractivity contribution < 1.29 is 4.79 Å². The van der Waals surface area contributed by atoms with E-state index in [-0.39, 0.29) is 5.12 Å². The SMILES string of the molecule is C/C=C(\C)c1c(C(=O)S)ccc(CC)c1CCCC. The molecule has 0 aliphatic rings. The first-order valence-electron chi connectivity index (χ1n) is 7.08. The molecule has 0 saturated heterocycles. The summed E-state index contributed by atoms with van der Waals surface area (Å²) in [6.45, 7) is 8.46. The summed E-state index contributed by atoms with van der Waals surface area (Å²) in [5.41, 5.74) is 5.69. The van der Waals surface area contributed by atoms with Crippen LogP contribution < -0.4 is 0 Å². The lowest BCUT2D eigenvalue weighted by Gasteiger charge is -2.17. The maximum absolute atomic E-state index is 11.7. The summed E-state index contributed by atoms with van der Waals surface area (Å²) >= 11 is 4.03. The number of aryl methyl sites for hydroxylation is 1. The summed E-state index contributed by atoms with van der Waals surface area (Å²) in [6, 6.07) is 4.01. The first-order chi connectivity index (χ1) is 9.06. The second-order valence-electron chi connectivity index (χ2n) is 4.86. The molecule has 0 spiro atoms. The van der Waals surface area contributed by atoms with Crippen molar-refractivity contribution in [3.63, 3.8) is 0 Å². The van der Waals surface area contributed by atoms with Gasteiger partial charge in [0.15, 0.2) is 0 Å². The van der Waals surface area contributed by atoms with E-state index in [0.717, 1.165) is 36.8 Å². The number of allylic oxidation sites excluding steroid dienone is 2. The molecule has 0 aliphatic heterocycles. The van der Waals surface area contributed by atoms with Crippen LogP contribution >= 0.6 is 12.6 Å². The van der Waals surface area contributed by atoms with E-state index in [1.165, 1.54) is 16.7 Å². The topological polar surface area (TPSA) is 17.1 Å². The third-order valence-corrected chi connectivity index (χ3v) is 3.87. The van der Waals surface area contributed by atoms with Gasteiger partial charge >= 0.3 is 0 Å².